The maximum atomic E-state index is 6.64. The van der Waals surface area contributed by atoms with E-state index in [0.717, 1.165) is 95.8 Å². The van der Waals surface area contributed by atoms with Crippen LogP contribution in [0.15, 0.2) is 35.9 Å². The molecule has 0 saturated heterocycles. The second-order valence-corrected chi connectivity index (χ2v) is 11.6. The molecule has 4 nitrogen and oxygen atoms in total. The van der Waals surface area contributed by atoms with Crippen LogP contribution in [0, 0.1) is 5.92 Å². The lowest BCUT2D eigenvalue weighted by Crippen LogP contribution is -2.20. The average molecular weight is 541 g/mol. The van der Waals surface area contributed by atoms with E-state index in [9.17, 15) is 0 Å². The number of allylic oxidation sites excluding steroid dienone is 3. The van der Waals surface area contributed by atoms with E-state index in [4.69, 9.17) is 9.47 Å². The molecule has 0 saturated carbocycles. The van der Waals surface area contributed by atoms with Gasteiger partial charge in [0, 0.05) is 11.5 Å². The first-order valence-corrected chi connectivity index (χ1v) is 16.2. The fraction of sp³-hybridized carbons (Fsp3) is 0.714. The molecule has 0 bridgehead atoms. The van der Waals surface area contributed by atoms with E-state index in [1.807, 2.05) is 0 Å². The van der Waals surface area contributed by atoms with Gasteiger partial charge in [0.05, 0.1) is 13.2 Å². The first kappa shape index (κ1) is 33.4. The highest BCUT2D eigenvalue weighted by atomic mass is 16.5. The van der Waals surface area contributed by atoms with Gasteiger partial charge in [-0.25, -0.2) is 0 Å². The van der Waals surface area contributed by atoms with E-state index < -0.39 is 0 Å². The van der Waals surface area contributed by atoms with Gasteiger partial charge in [0.25, 0.3) is 0 Å². The molecule has 39 heavy (non-hydrogen) atoms. The van der Waals surface area contributed by atoms with Gasteiger partial charge in [-0.1, -0.05) is 57.4 Å². The molecule has 2 rings (SSSR count). The first-order valence-electron chi connectivity index (χ1n) is 16.2. The predicted octanol–water partition coefficient (Wildman–Crippen LogP) is 8.75. The molecule has 1 aromatic rings. The summed E-state index contributed by atoms with van der Waals surface area (Å²) in [5, 5.41) is 7.03. The van der Waals surface area contributed by atoms with E-state index in [0.29, 0.717) is 5.92 Å². The van der Waals surface area contributed by atoms with Crippen LogP contribution in [0.3, 0.4) is 0 Å². The van der Waals surface area contributed by atoms with Crippen molar-refractivity contribution in [3.8, 4) is 11.5 Å². The first-order chi connectivity index (χ1) is 19.0. The zero-order chi connectivity index (χ0) is 28.3. The van der Waals surface area contributed by atoms with Crippen LogP contribution in [0.4, 0.5) is 0 Å². The molecule has 0 amide bonds. The smallest absolute Gasteiger partial charge is 0.127 e. The van der Waals surface area contributed by atoms with Crippen LogP contribution in [0.5, 0.6) is 11.5 Å². The van der Waals surface area contributed by atoms with Gasteiger partial charge in [0.15, 0.2) is 0 Å². The summed E-state index contributed by atoms with van der Waals surface area (Å²) in [6.45, 7) is 21.4. The molecule has 0 aromatic heterocycles. The van der Waals surface area contributed by atoms with Gasteiger partial charge < -0.3 is 20.1 Å². The number of ether oxygens (including phenoxy) is 2. The Bertz CT molecular complexity index is 808. The molecule has 2 N–H and O–H groups in total. The van der Waals surface area contributed by atoms with Crippen molar-refractivity contribution in [3.63, 3.8) is 0 Å². The van der Waals surface area contributed by atoms with Gasteiger partial charge in [0.2, 0.25) is 0 Å². The zero-order valence-corrected chi connectivity index (χ0v) is 26.1. The molecule has 0 heterocycles. The average Bonchev–Trinajstić information content (AvgIpc) is 2.92. The van der Waals surface area contributed by atoms with Gasteiger partial charge >= 0.3 is 0 Å². The third-order valence-electron chi connectivity index (χ3n) is 7.81. The summed E-state index contributed by atoms with van der Waals surface area (Å²) >= 11 is 0. The summed E-state index contributed by atoms with van der Waals surface area (Å²) in [6.07, 6.45) is 16.3. The van der Waals surface area contributed by atoms with Crippen molar-refractivity contribution in [2.75, 3.05) is 39.4 Å². The quantitative estimate of drug-likeness (QED) is 0.114. The molecule has 0 radical (unpaired) electrons. The van der Waals surface area contributed by atoms with Crippen LogP contribution in [-0.4, -0.2) is 39.4 Å². The fourth-order valence-electron chi connectivity index (χ4n) is 5.52. The predicted molar refractivity (Wildman–Crippen MR) is 169 cm³/mol. The number of benzene rings is 1. The zero-order valence-electron chi connectivity index (χ0n) is 26.1. The lowest BCUT2D eigenvalue weighted by atomic mass is 9.73. The van der Waals surface area contributed by atoms with Gasteiger partial charge in [-0.15, -0.1) is 0 Å². The van der Waals surface area contributed by atoms with Gasteiger partial charge in [-0.2, -0.15) is 0 Å². The molecule has 222 valence electrons. The van der Waals surface area contributed by atoms with Crippen LogP contribution >= 0.6 is 0 Å². The minimum atomic E-state index is 0.253. The number of hydrogen-bond donors (Lipinski definition) is 2. The Morgan fingerprint density at radius 3 is 1.92 bits per heavy atom. The Morgan fingerprint density at radius 1 is 0.821 bits per heavy atom. The van der Waals surface area contributed by atoms with Crippen molar-refractivity contribution in [2.45, 2.75) is 118 Å². The van der Waals surface area contributed by atoms with Crippen molar-refractivity contribution in [1.82, 2.24) is 10.6 Å². The Hall–Kier alpha value is -1.78. The number of rotatable bonds is 22. The standard InChI is InChI=1S/C35H60N2O2/c1-7-10-11-16-30-26-33(38-23-14-12-21-36-19-8-2)35(32-25-29(6)17-18-31(32)28(4)5)34(27-30)39-24-15-13-22-37-20-9-3/h25-27,31-32,36-37H,4,7-24H2,1-3,5-6H3/t31-,32+/m0/s1. The van der Waals surface area contributed by atoms with E-state index in [1.165, 1.54) is 54.4 Å². The summed E-state index contributed by atoms with van der Waals surface area (Å²) in [5.74, 6) is 2.74. The van der Waals surface area contributed by atoms with Crippen LogP contribution in [-0.2, 0) is 6.42 Å². The molecule has 0 unspecified atom stereocenters. The Labute approximate surface area is 241 Å². The van der Waals surface area contributed by atoms with E-state index in [2.05, 4.69) is 70.0 Å². The molecule has 4 heteroatoms. The number of unbranched alkanes of at least 4 members (excludes halogenated alkanes) is 4. The van der Waals surface area contributed by atoms with Gasteiger partial charge in [-0.3, -0.25) is 0 Å². The maximum Gasteiger partial charge on any atom is 0.127 e. The second-order valence-electron chi connectivity index (χ2n) is 11.6. The molecule has 0 fully saturated rings. The molecule has 1 aromatic carbocycles. The van der Waals surface area contributed by atoms with Crippen LogP contribution in [0.1, 0.15) is 122 Å². The largest absolute Gasteiger partial charge is 0.493 e. The highest BCUT2D eigenvalue weighted by Gasteiger charge is 2.31. The highest BCUT2D eigenvalue weighted by Crippen LogP contribution is 2.47. The van der Waals surface area contributed by atoms with Gasteiger partial charge in [0.1, 0.15) is 11.5 Å². The van der Waals surface area contributed by atoms with Crippen LogP contribution in [0.2, 0.25) is 0 Å². The van der Waals surface area contributed by atoms with Crippen molar-refractivity contribution >= 4 is 0 Å². The monoisotopic (exact) mass is 540 g/mol. The lowest BCUT2D eigenvalue weighted by molar-refractivity contribution is 0.279. The summed E-state index contributed by atoms with van der Waals surface area (Å²) in [5.41, 5.74) is 5.31. The van der Waals surface area contributed by atoms with E-state index in [1.54, 1.807) is 0 Å². The summed E-state index contributed by atoms with van der Waals surface area (Å²) in [6, 6.07) is 4.66. The molecular weight excluding hydrogens is 480 g/mol. The van der Waals surface area contributed by atoms with Crippen molar-refractivity contribution < 1.29 is 9.47 Å². The summed E-state index contributed by atoms with van der Waals surface area (Å²) in [4.78, 5) is 0. The van der Waals surface area contributed by atoms with Crippen LogP contribution < -0.4 is 20.1 Å². The minimum Gasteiger partial charge on any atom is -0.493 e. The normalized spacial score (nSPS) is 17.2. The van der Waals surface area contributed by atoms with E-state index in [-0.39, 0.29) is 5.92 Å². The number of hydrogen-bond acceptors (Lipinski definition) is 4. The Kier molecular flexibility index (Phi) is 17.3. The third-order valence-corrected chi connectivity index (χ3v) is 7.81. The SMILES string of the molecule is C=C(C)[C@@H]1CCC(C)=C[C@H]1c1c(OCCCCNCCC)cc(CCCCC)cc1OCCCCNCCC. The molecule has 0 spiro atoms. The summed E-state index contributed by atoms with van der Waals surface area (Å²) in [7, 11) is 0. The van der Waals surface area contributed by atoms with Crippen molar-refractivity contribution in [1.29, 1.82) is 0 Å². The van der Waals surface area contributed by atoms with Gasteiger partial charge in [-0.05, 0) is 128 Å². The summed E-state index contributed by atoms with van der Waals surface area (Å²) < 4.78 is 13.3. The Morgan fingerprint density at radius 2 is 1.41 bits per heavy atom. The van der Waals surface area contributed by atoms with Crippen molar-refractivity contribution in [2.24, 2.45) is 5.92 Å². The molecule has 0 aliphatic heterocycles. The Balaban J connectivity index is 2.32. The number of nitrogens with one attached hydrogen (secondary N) is 2. The minimum absolute atomic E-state index is 0.253. The molecule has 1 aliphatic carbocycles. The molecule has 1 aliphatic rings. The third kappa shape index (κ3) is 12.5. The maximum absolute atomic E-state index is 6.64. The topological polar surface area (TPSA) is 42.5 Å². The highest BCUT2D eigenvalue weighted by molar-refractivity contribution is 5.53. The second kappa shape index (κ2) is 20.2. The molecular formula is C35H60N2O2. The van der Waals surface area contributed by atoms with E-state index >= 15 is 0 Å². The van der Waals surface area contributed by atoms with Crippen molar-refractivity contribution in [3.05, 3.63) is 47.1 Å². The number of aryl methyl sites for hydroxylation is 1. The molecule has 2 atom stereocenters. The fourth-order valence-corrected chi connectivity index (χ4v) is 5.52. The van der Waals surface area contributed by atoms with Crippen LogP contribution in [0.25, 0.3) is 0 Å². The lowest BCUT2D eigenvalue weighted by Gasteiger charge is -2.33.